The third-order valence-electron chi connectivity index (χ3n) is 4.82. The molecule has 0 saturated carbocycles. The van der Waals surface area contributed by atoms with Crippen LogP contribution in [0.25, 0.3) is 6.08 Å². The first-order valence-electron chi connectivity index (χ1n) is 10.00. The number of carbonyl (C=O) groups excluding carboxylic acids is 2. The number of fused-ring (bicyclic) bond motifs is 1. The number of nitrogens with two attached hydrogens (primary N) is 1. The van der Waals surface area contributed by atoms with Crippen molar-refractivity contribution in [1.29, 1.82) is 0 Å². The number of oxime groups is 1. The Hall–Kier alpha value is -3.78. The maximum absolute atomic E-state index is 12.9. The average molecular weight is 502 g/mol. The molecule has 0 spiro atoms. The molecule has 176 valence electrons. The summed E-state index contributed by atoms with van der Waals surface area (Å²) >= 11 is 2.23. The normalized spacial score (nSPS) is 20.2. The molecule has 1 unspecified atom stereocenters. The molecule has 0 aliphatic carbocycles. The number of pyridine rings is 1. The van der Waals surface area contributed by atoms with Gasteiger partial charge in [0.1, 0.15) is 23.7 Å². The molecule has 2 aliphatic rings. The van der Waals surface area contributed by atoms with Crippen LogP contribution in [0.1, 0.15) is 18.3 Å². The predicted molar refractivity (Wildman–Crippen MR) is 125 cm³/mol. The summed E-state index contributed by atoms with van der Waals surface area (Å²) in [5.41, 5.74) is 6.60. The van der Waals surface area contributed by atoms with Crippen molar-refractivity contribution in [2.75, 3.05) is 18.1 Å². The topological polar surface area (TPSA) is 173 Å². The van der Waals surface area contributed by atoms with Crippen LogP contribution in [0.2, 0.25) is 0 Å². The fourth-order valence-electron chi connectivity index (χ4n) is 3.30. The zero-order valence-electron chi connectivity index (χ0n) is 17.7. The second-order valence-corrected chi connectivity index (χ2v) is 8.86. The van der Waals surface area contributed by atoms with E-state index >= 15 is 0 Å². The Morgan fingerprint density at radius 1 is 1.38 bits per heavy atom. The zero-order valence-corrected chi connectivity index (χ0v) is 19.4. The first-order chi connectivity index (χ1) is 16.4. The smallest absolute Gasteiger partial charge is 0.352 e. The van der Waals surface area contributed by atoms with Crippen LogP contribution in [0.5, 0.6) is 0 Å². The van der Waals surface area contributed by atoms with Crippen molar-refractivity contribution in [3.63, 3.8) is 0 Å². The minimum Gasteiger partial charge on any atom is -0.477 e. The first kappa shape index (κ1) is 23.4. The second kappa shape index (κ2) is 10.0. The van der Waals surface area contributed by atoms with E-state index in [2.05, 4.69) is 24.8 Å². The van der Waals surface area contributed by atoms with E-state index in [0.29, 0.717) is 11.3 Å². The van der Waals surface area contributed by atoms with Crippen LogP contribution >= 0.6 is 23.3 Å². The maximum Gasteiger partial charge on any atom is 0.352 e. The molecule has 4 N–H and O–H groups in total. The highest BCUT2D eigenvalue weighted by molar-refractivity contribution is 8.00. The van der Waals surface area contributed by atoms with Gasteiger partial charge in [-0.05, 0) is 30.2 Å². The summed E-state index contributed by atoms with van der Waals surface area (Å²) in [6, 6.07) is 2.62. The van der Waals surface area contributed by atoms with Gasteiger partial charge in [0.05, 0.1) is 0 Å². The fourth-order valence-corrected chi connectivity index (χ4v) is 5.05. The molecule has 12 nitrogen and oxygen atoms in total. The van der Waals surface area contributed by atoms with E-state index in [1.165, 1.54) is 16.7 Å². The number of carboxylic acid groups (broad SMARTS) is 1. The summed E-state index contributed by atoms with van der Waals surface area (Å²) in [5.74, 6) is -2.18. The molecule has 1 saturated heterocycles. The molecule has 34 heavy (non-hydrogen) atoms. The van der Waals surface area contributed by atoms with Crippen LogP contribution in [0.15, 0.2) is 47.0 Å². The van der Waals surface area contributed by atoms with Gasteiger partial charge in [-0.2, -0.15) is 9.36 Å². The van der Waals surface area contributed by atoms with Crippen molar-refractivity contribution >= 4 is 58.0 Å². The summed E-state index contributed by atoms with van der Waals surface area (Å²) in [6.45, 7) is 1.89. The summed E-state index contributed by atoms with van der Waals surface area (Å²) in [6.07, 6.45) is 6.69. The Morgan fingerprint density at radius 2 is 2.15 bits per heavy atom. The van der Waals surface area contributed by atoms with Gasteiger partial charge in [0.15, 0.2) is 5.13 Å². The van der Waals surface area contributed by atoms with Crippen LogP contribution in [-0.4, -0.2) is 71.6 Å². The summed E-state index contributed by atoms with van der Waals surface area (Å²) in [4.78, 5) is 51.8. The van der Waals surface area contributed by atoms with Gasteiger partial charge < -0.3 is 21.0 Å². The third-order valence-corrected chi connectivity index (χ3v) is 6.67. The molecule has 2 aromatic rings. The standard InChI is InChI=1S/C20H19N7O5S2/c1-2-32-25-12(15-24-20(21)34-26-15)16(28)23-13-17(29)27-14(19(30)31)11(9-33-18(13)27)4-3-10-5-7-22-8-6-10/h3-8,13,18H,2,9H2,1H3,(H,23,28)(H,30,31)(H2,21,24,26)/t13?,18-/m0/s1. The lowest BCUT2D eigenvalue weighted by atomic mass is 10.0. The van der Waals surface area contributed by atoms with E-state index < -0.39 is 29.2 Å². The number of amides is 2. The number of hydrogen-bond donors (Lipinski definition) is 3. The molecule has 1 fully saturated rings. The summed E-state index contributed by atoms with van der Waals surface area (Å²) in [5, 5.41) is 15.7. The van der Waals surface area contributed by atoms with Gasteiger partial charge in [-0.1, -0.05) is 17.3 Å². The molecule has 4 rings (SSSR count). The lowest BCUT2D eigenvalue weighted by Gasteiger charge is -2.49. The first-order valence-corrected chi connectivity index (χ1v) is 11.8. The minimum atomic E-state index is -1.22. The second-order valence-electron chi connectivity index (χ2n) is 6.97. The number of carboxylic acids is 1. The molecular formula is C20H19N7O5S2. The van der Waals surface area contributed by atoms with Crippen molar-refractivity contribution in [2.45, 2.75) is 18.3 Å². The molecular weight excluding hydrogens is 482 g/mol. The van der Waals surface area contributed by atoms with Gasteiger partial charge in [0, 0.05) is 29.7 Å². The van der Waals surface area contributed by atoms with E-state index in [4.69, 9.17) is 10.6 Å². The number of rotatable bonds is 8. The van der Waals surface area contributed by atoms with Gasteiger partial charge in [0.2, 0.25) is 11.5 Å². The summed E-state index contributed by atoms with van der Waals surface area (Å²) < 4.78 is 3.97. The number of aliphatic carboxylic acids is 1. The van der Waals surface area contributed by atoms with Crippen molar-refractivity contribution in [2.24, 2.45) is 5.16 Å². The highest BCUT2D eigenvalue weighted by atomic mass is 32.2. The largest absolute Gasteiger partial charge is 0.477 e. The molecule has 2 aliphatic heterocycles. The van der Waals surface area contributed by atoms with E-state index in [0.717, 1.165) is 17.1 Å². The lowest BCUT2D eigenvalue weighted by Crippen LogP contribution is -2.71. The van der Waals surface area contributed by atoms with E-state index in [-0.39, 0.29) is 29.0 Å². The maximum atomic E-state index is 12.9. The highest BCUT2D eigenvalue weighted by Gasteiger charge is 2.54. The van der Waals surface area contributed by atoms with Gasteiger partial charge >= 0.3 is 5.97 Å². The molecule has 0 radical (unpaired) electrons. The Bertz CT molecular complexity index is 1210. The monoisotopic (exact) mass is 501 g/mol. The van der Waals surface area contributed by atoms with Gasteiger partial charge in [-0.15, -0.1) is 11.8 Å². The third kappa shape index (κ3) is 4.63. The minimum absolute atomic E-state index is 0.0250. The SMILES string of the molecule is CCON=C(C(=O)NC1C(=O)N2C(C(=O)O)=C(C=Cc3ccncc3)CS[C@@H]12)c1nsc(N)n1. The highest BCUT2D eigenvalue weighted by Crippen LogP contribution is 2.40. The van der Waals surface area contributed by atoms with Crippen LogP contribution in [0.3, 0.4) is 0 Å². The van der Waals surface area contributed by atoms with E-state index in [1.807, 2.05) is 0 Å². The quantitative estimate of drug-likeness (QED) is 0.265. The Labute approximate surface area is 201 Å². The Balaban J connectivity index is 1.53. The number of anilines is 1. The van der Waals surface area contributed by atoms with Crippen LogP contribution in [0.4, 0.5) is 5.13 Å². The number of thioether (sulfide) groups is 1. The fraction of sp³-hybridized carbons (Fsp3) is 0.250. The number of allylic oxidation sites excluding steroid dienone is 1. The van der Waals surface area contributed by atoms with Gasteiger partial charge in [-0.3, -0.25) is 19.5 Å². The predicted octanol–water partition coefficient (Wildman–Crippen LogP) is 0.708. The molecule has 0 bridgehead atoms. The molecule has 0 aromatic carbocycles. The molecule has 4 heterocycles. The molecule has 2 atom stereocenters. The van der Waals surface area contributed by atoms with Crippen molar-refractivity contribution < 1.29 is 24.3 Å². The number of carbonyl (C=O) groups is 3. The van der Waals surface area contributed by atoms with E-state index in [9.17, 15) is 19.5 Å². The van der Waals surface area contributed by atoms with Crippen molar-refractivity contribution in [3.8, 4) is 0 Å². The number of aromatic nitrogens is 3. The molecule has 14 heteroatoms. The number of β-lactam (4-membered cyclic amide) rings is 1. The number of hydrogen-bond acceptors (Lipinski definition) is 11. The van der Waals surface area contributed by atoms with Gasteiger partial charge in [-0.25, -0.2) is 4.79 Å². The van der Waals surface area contributed by atoms with Crippen molar-refractivity contribution in [3.05, 3.63) is 53.3 Å². The van der Waals surface area contributed by atoms with Gasteiger partial charge in [0.25, 0.3) is 11.8 Å². The van der Waals surface area contributed by atoms with Crippen molar-refractivity contribution in [1.82, 2.24) is 24.6 Å². The molecule has 2 aromatic heterocycles. The van der Waals surface area contributed by atoms with Crippen LogP contribution in [0, 0.1) is 0 Å². The lowest BCUT2D eigenvalue weighted by molar-refractivity contribution is -0.150. The number of nitrogens with zero attached hydrogens (tertiary/aromatic N) is 5. The Kier molecular flexibility index (Phi) is 6.88. The summed E-state index contributed by atoms with van der Waals surface area (Å²) in [7, 11) is 0. The number of nitrogens with one attached hydrogen (secondary N) is 1. The zero-order chi connectivity index (χ0) is 24.2. The Morgan fingerprint density at radius 3 is 2.79 bits per heavy atom. The van der Waals surface area contributed by atoms with Crippen LogP contribution in [-0.2, 0) is 19.2 Å². The molecule has 2 amide bonds. The number of nitrogen functional groups attached to an aromatic ring is 1. The van der Waals surface area contributed by atoms with E-state index in [1.54, 1.807) is 43.6 Å². The van der Waals surface area contributed by atoms with Crippen LogP contribution < -0.4 is 11.1 Å². The average Bonchev–Trinajstić information content (AvgIpc) is 3.27.